The van der Waals surface area contributed by atoms with E-state index in [2.05, 4.69) is 194 Å². The summed E-state index contributed by atoms with van der Waals surface area (Å²) >= 11 is 0. The fourth-order valence-electron chi connectivity index (χ4n) is 6.32. The van der Waals surface area contributed by atoms with E-state index >= 15 is 0 Å². The van der Waals surface area contributed by atoms with Crippen molar-refractivity contribution in [2.24, 2.45) is 0 Å². The molecule has 0 aromatic heterocycles. The van der Waals surface area contributed by atoms with Crippen LogP contribution in [0.4, 0.5) is 0 Å². The highest BCUT2D eigenvalue weighted by atomic mass is 14.1. The predicted molar refractivity (Wildman–Crippen MR) is 200 cm³/mol. The lowest BCUT2D eigenvalue weighted by Gasteiger charge is -2.10. The molecule has 0 N–H and O–H groups in total. The average Bonchev–Trinajstić information content (AvgIpc) is 3.13. The summed E-state index contributed by atoms with van der Waals surface area (Å²) < 4.78 is 0. The van der Waals surface area contributed by atoms with Crippen LogP contribution in [0.2, 0.25) is 0 Å². The molecule has 0 bridgehead atoms. The number of benzene rings is 8. The molecule has 0 radical (unpaired) electrons. The molecular weight excluding hydrogens is 553 g/mol. The SMILES string of the molecule is C(=C(c1ccccc1)c1ccccc1)c1ccc2cc(/C=C/c3ccc4cc(-c5ccc6ccccc6c5)ccc4c3)ccc2c1. The van der Waals surface area contributed by atoms with E-state index in [0.717, 1.165) is 0 Å². The largest absolute Gasteiger partial charge is 0.0622 e. The van der Waals surface area contributed by atoms with Crippen LogP contribution in [0.25, 0.3) is 67.2 Å². The molecule has 0 heterocycles. The van der Waals surface area contributed by atoms with Gasteiger partial charge < -0.3 is 0 Å². The van der Waals surface area contributed by atoms with Gasteiger partial charge in [0.1, 0.15) is 0 Å². The van der Waals surface area contributed by atoms with Gasteiger partial charge in [0.25, 0.3) is 0 Å². The molecular formula is C46H32. The smallest absolute Gasteiger partial charge is 0.0105 e. The lowest BCUT2D eigenvalue weighted by Crippen LogP contribution is -1.88. The Morgan fingerprint density at radius 1 is 0.304 bits per heavy atom. The minimum atomic E-state index is 1.19. The van der Waals surface area contributed by atoms with Crippen molar-refractivity contribution in [1.29, 1.82) is 0 Å². The predicted octanol–water partition coefficient (Wildman–Crippen LogP) is 12.6. The van der Waals surface area contributed by atoms with Crippen LogP contribution in [-0.2, 0) is 0 Å². The monoisotopic (exact) mass is 584 g/mol. The summed E-state index contributed by atoms with van der Waals surface area (Å²) in [7, 11) is 0. The molecule has 8 aromatic rings. The third-order valence-corrected chi connectivity index (χ3v) is 8.78. The van der Waals surface area contributed by atoms with Gasteiger partial charge in [-0.15, -0.1) is 0 Å². The first kappa shape index (κ1) is 27.6. The van der Waals surface area contributed by atoms with Gasteiger partial charge >= 0.3 is 0 Å². The Morgan fingerprint density at radius 2 is 0.696 bits per heavy atom. The minimum Gasteiger partial charge on any atom is -0.0622 e. The van der Waals surface area contributed by atoms with Gasteiger partial charge in [0.05, 0.1) is 0 Å². The Bertz CT molecular complexity index is 2350. The summed E-state index contributed by atoms with van der Waals surface area (Å²) in [6, 6.07) is 63.4. The van der Waals surface area contributed by atoms with Crippen LogP contribution in [0.1, 0.15) is 27.8 Å². The lowest BCUT2D eigenvalue weighted by atomic mass is 9.95. The summed E-state index contributed by atoms with van der Waals surface area (Å²) in [6.45, 7) is 0. The minimum absolute atomic E-state index is 1.19. The number of fused-ring (bicyclic) bond motifs is 3. The molecule has 0 unspecified atom stereocenters. The second kappa shape index (κ2) is 12.2. The fraction of sp³-hybridized carbons (Fsp3) is 0. The zero-order chi connectivity index (χ0) is 30.7. The molecule has 8 aromatic carbocycles. The van der Waals surface area contributed by atoms with Gasteiger partial charge in [-0.25, -0.2) is 0 Å². The number of hydrogen-bond donors (Lipinski definition) is 0. The third-order valence-electron chi connectivity index (χ3n) is 8.78. The summed E-state index contributed by atoms with van der Waals surface area (Å²) in [5.41, 5.74) is 9.72. The normalized spacial score (nSPS) is 11.4. The van der Waals surface area contributed by atoms with Crippen molar-refractivity contribution in [3.63, 3.8) is 0 Å². The highest BCUT2D eigenvalue weighted by Crippen LogP contribution is 2.30. The van der Waals surface area contributed by atoms with E-state index in [1.165, 1.54) is 76.8 Å². The summed E-state index contributed by atoms with van der Waals surface area (Å²) in [4.78, 5) is 0. The Morgan fingerprint density at radius 3 is 1.26 bits per heavy atom. The third kappa shape index (κ3) is 5.77. The van der Waals surface area contributed by atoms with Crippen molar-refractivity contribution in [1.82, 2.24) is 0 Å². The molecule has 0 amide bonds. The highest BCUT2D eigenvalue weighted by Gasteiger charge is 2.06. The first-order valence-electron chi connectivity index (χ1n) is 15.8. The van der Waals surface area contributed by atoms with Gasteiger partial charge in [-0.2, -0.15) is 0 Å². The topological polar surface area (TPSA) is 0 Å². The molecule has 0 heteroatoms. The Hall–Kier alpha value is -5.98. The zero-order valence-electron chi connectivity index (χ0n) is 25.5. The molecule has 0 aliphatic heterocycles. The van der Waals surface area contributed by atoms with E-state index in [4.69, 9.17) is 0 Å². The van der Waals surface area contributed by atoms with Crippen LogP contribution in [0.15, 0.2) is 176 Å². The Kier molecular flexibility index (Phi) is 7.30. The quantitative estimate of drug-likeness (QED) is 0.171. The molecule has 8 rings (SSSR count). The second-order valence-electron chi connectivity index (χ2n) is 11.9. The van der Waals surface area contributed by atoms with Gasteiger partial charge in [-0.3, -0.25) is 0 Å². The lowest BCUT2D eigenvalue weighted by molar-refractivity contribution is 1.55. The molecule has 0 aliphatic rings. The Balaban J connectivity index is 1.04. The van der Waals surface area contributed by atoms with Crippen molar-refractivity contribution in [2.45, 2.75) is 0 Å². The first-order valence-corrected chi connectivity index (χ1v) is 15.8. The maximum atomic E-state index is 2.29. The molecule has 46 heavy (non-hydrogen) atoms. The zero-order valence-corrected chi connectivity index (χ0v) is 25.5. The van der Waals surface area contributed by atoms with Crippen molar-refractivity contribution >= 4 is 56.1 Å². The maximum absolute atomic E-state index is 2.29. The van der Waals surface area contributed by atoms with Crippen molar-refractivity contribution < 1.29 is 0 Å². The summed E-state index contributed by atoms with van der Waals surface area (Å²) in [5, 5.41) is 7.51. The van der Waals surface area contributed by atoms with Crippen LogP contribution in [0, 0.1) is 0 Å². The second-order valence-corrected chi connectivity index (χ2v) is 11.9. The molecule has 0 atom stereocenters. The summed E-state index contributed by atoms with van der Waals surface area (Å²) in [6.07, 6.45) is 6.71. The number of hydrogen-bond acceptors (Lipinski definition) is 0. The van der Waals surface area contributed by atoms with E-state index in [-0.39, 0.29) is 0 Å². The van der Waals surface area contributed by atoms with Crippen molar-refractivity contribution in [2.75, 3.05) is 0 Å². The average molecular weight is 585 g/mol. The first-order chi connectivity index (χ1) is 22.7. The van der Waals surface area contributed by atoms with Crippen molar-refractivity contribution in [3.05, 3.63) is 204 Å². The van der Waals surface area contributed by atoms with Crippen LogP contribution in [0.5, 0.6) is 0 Å². The molecule has 0 fully saturated rings. The molecule has 0 saturated carbocycles. The van der Waals surface area contributed by atoms with Crippen LogP contribution >= 0.6 is 0 Å². The fourth-order valence-corrected chi connectivity index (χ4v) is 6.32. The van der Waals surface area contributed by atoms with Gasteiger partial charge in [0.15, 0.2) is 0 Å². The van der Waals surface area contributed by atoms with Gasteiger partial charge in [0.2, 0.25) is 0 Å². The van der Waals surface area contributed by atoms with Crippen LogP contribution in [-0.4, -0.2) is 0 Å². The van der Waals surface area contributed by atoms with E-state index < -0.39 is 0 Å². The van der Waals surface area contributed by atoms with E-state index in [1.54, 1.807) is 0 Å². The van der Waals surface area contributed by atoms with E-state index in [1.807, 2.05) is 0 Å². The summed E-state index contributed by atoms with van der Waals surface area (Å²) in [5.74, 6) is 0. The molecule has 0 saturated heterocycles. The van der Waals surface area contributed by atoms with Crippen LogP contribution < -0.4 is 0 Å². The van der Waals surface area contributed by atoms with Gasteiger partial charge in [0, 0.05) is 0 Å². The van der Waals surface area contributed by atoms with Crippen molar-refractivity contribution in [3.8, 4) is 11.1 Å². The van der Waals surface area contributed by atoms with Crippen LogP contribution in [0.3, 0.4) is 0 Å². The molecule has 216 valence electrons. The standard InChI is InChI=1S/C46H32/c1-3-10-37(11-4-1)46(38-12-5-2-6-13-38)30-35-19-22-40-27-33(17-20-41(40)29-35)15-16-34-18-21-43-32-45(26-25-42(43)28-34)44-24-23-36-9-7-8-14-39(36)31-44/h1-32H/b16-15+. The van der Waals surface area contributed by atoms with E-state index in [9.17, 15) is 0 Å². The molecule has 0 aliphatic carbocycles. The molecule has 0 nitrogen and oxygen atoms in total. The van der Waals surface area contributed by atoms with Gasteiger partial charge in [-0.1, -0.05) is 158 Å². The molecule has 0 spiro atoms. The maximum Gasteiger partial charge on any atom is -0.0105 e. The highest BCUT2D eigenvalue weighted by molar-refractivity contribution is 5.95. The van der Waals surface area contributed by atoms with E-state index in [0.29, 0.717) is 0 Å². The number of rotatable bonds is 6. The Labute approximate surface area is 270 Å². The van der Waals surface area contributed by atoms with Gasteiger partial charge in [-0.05, 0) is 113 Å².